The summed E-state index contributed by atoms with van der Waals surface area (Å²) < 4.78 is 0. The highest BCUT2D eigenvalue weighted by Crippen LogP contribution is 1.97. The van der Waals surface area contributed by atoms with Gasteiger partial charge in [-0.3, -0.25) is 4.79 Å². The summed E-state index contributed by atoms with van der Waals surface area (Å²) in [5, 5.41) is 19.0. The van der Waals surface area contributed by atoms with Gasteiger partial charge in [0.05, 0.1) is 0 Å². The molecule has 0 saturated carbocycles. The van der Waals surface area contributed by atoms with Gasteiger partial charge in [-0.05, 0) is 13.0 Å². The molecule has 1 amide bonds. The fourth-order valence-electron chi connectivity index (χ4n) is 0.378. The second-order valence-electron chi connectivity index (χ2n) is 2.04. The van der Waals surface area contributed by atoms with E-state index in [9.17, 15) is 4.79 Å². The van der Waals surface area contributed by atoms with E-state index in [4.69, 9.17) is 10.5 Å². The molecule has 0 aromatic rings. The van der Waals surface area contributed by atoms with E-state index in [-0.39, 0.29) is 0 Å². The zero-order chi connectivity index (χ0) is 8.91. The summed E-state index contributed by atoms with van der Waals surface area (Å²) in [5.74, 6) is -0.532. The van der Waals surface area contributed by atoms with Crippen LogP contribution in [-0.4, -0.2) is 11.4 Å². The number of carbonyl (C=O) groups excluding carboxylic acids is 1. The van der Waals surface area contributed by atoms with Gasteiger partial charge in [-0.1, -0.05) is 6.58 Å². The molecular formula is C7H7N3O. The Labute approximate surface area is 64.7 Å². The van der Waals surface area contributed by atoms with E-state index < -0.39 is 11.4 Å². The van der Waals surface area contributed by atoms with Crippen molar-refractivity contribution in [3.05, 3.63) is 12.7 Å². The maximum atomic E-state index is 10.6. The van der Waals surface area contributed by atoms with Crippen molar-refractivity contribution in [2.45, 2.75) is 12.5 Å². The maximum Gasteiger partial charge on any atom is 0.245 e. The molecule has 0 unspecified atom stereocenters. The fourth-order valence-corrected chi connectivity index (χ4v) is 0.378. The first-order valence-electron chi connectivity index (χ1n) is 2.85. The average Bonchev–Trinajstić information content (AvgIpc) is 2.04. The van der Waals surface area contributed by atoms with Gasteiger partial charge in [-0.15, -0.1) is 0 Å². The van der Waals surface area contributed by atoms with Crippen LogP contribution in [0, 0.1) is 22.7 Å². The van der Waals surface area contributed by atoms with Crippen molar-refractivity contribution >= 4 is 5.91 Å². The van der Waals surface area contributed by atoms with Gasteiger partial charge in [0.1, 0.15) is 12.1 Å². The van der Waals surface area contributed by atoms with E-state index in [0.717, 1.165) is 6.08 Å². The van der Waals surface area contributed by atoms with Crippen LogP contribution in [0.2, 0.25) is 0 Å². The predicted octanol–water partition coefficient (Wildman–Crippen LogP) is 0.0945. The van der Waals surface area contributed by atoms with Crippen LogP contribution in [-0.2, 0) is 4.79 Å². The molecule has 4 nitrogen and oxygen atoms in total. The van der Waals surface area contributed by atoms with E-state index in [1.807, 2.05) is 0 Å². The van der Waals surface area contributed by atoms with Crippen molar-refractivity contribution in [2.24, 2.45) is 0 Å². The molecule has 56 valence electrons. The molecule has 0 aliphatic heterocycles. The summed E-state index contributed by atoms with van der Waals surface area (Å²) >= 11 is 0. The quantitative estimate of drug-likeness (QED) is 0.565. The van der Waals surface area contributed by atoms with Crippen molar-refractivity contribution < 1.29 is 4.79 Å². The molecule has 0 spiro atoms. The minimum atomic E-state index is -1.45. The second-order valence-corrected chi connectivity index (χ2v) is 2.04. The van der Waals surface area contributed by atoms with Gasteiger partial charge in [0.2, 0.25) is 11.4 Å². The number of amides is 1. The van der Waals surface area contributed by atoms with Gasteiger partial charge in [0, 0.05) is 0 Å². The number of hydrogen-bond donors (Lipinski definition) is 1. The van der Waals surface area contributed by atoms with E-state index in [0.29, 0.717) is 0 Å². The van der Waals surface area contributed by atoms with E-state index >= 15 is 0 Å². The Kier molecular flexibility index (Phi) is 2.82. The Hall–Kier alpha value is -1.81. The Balaban J connectivity index is 4.38. The van der Waals surface area contributed by atoms with Crippen molar-refractivity contribution in [1.29, 1.82) is 10.5 Å². The number of nitrogens with one attached hydrogen (secondary N) is 1. The van der Waals surface area contributed by atoms with Gasteiger partial charge in [0.25, 0.3) is 0 Å². The monoisotopic (exact) mass is 149 g/mol. The van der Waals surface area contributed by atoms with Crippen molar-refractivity contribution in [3.63, 3.8) is 0 Å². The van der Waals surface area contributed by atoms with Crippen LogP contribution in [0.1, 0.15) is 6.92 Å². The van der Waals surface area contributed by atoms with E-state index in [2.05, 4.69) is 11.9 Å². The zero-order valence-corrected chi connectivity index (χ0v) is 6.09. The molecule has 0 saturated heterocycles. The smallest absolute Gasteiger partial charge is 0.245 e. The lowest BCUT2D eigenvalue weighted by atomic mass is 10.1. The molecule has 0 atom stereocenters. The van der Waals surface area contributed by atoms with Gasteiger partial charge in [0.15, 0.2) is 0 Å². The number of hydrogen-bond acceptors (Lipinski definition) is 3. The van der Waals surface area contributed by atoms with Crippen molar-refractivity contribution in [2.75, 3.05) is 0 Å². The third-order valence-corrected chi connectivity index (χ3v) is 1.01. The Bertz CT molecular complexity index is 242. The largest absolute Gasteiger partial charge is 0.323 e. The highest BCUT2D eigenvalue weighted by Gasteiger charge is 2.23. The summed E-state index contributed by atoms with van der Waals surface area (Å²) in [6.07, 6.45) is 1.01. The number of nitrogens with zero attached hydrogens (tertiary/aromatic N) is 2. The van der Waals surface area contributed by atoms with Crippen LogP contribution < -0.4 is 5.32 Å². The average molecular weight is 149 g/mol. The summed E-state index contributed by atoms with van der Waals surface area (Å²) in [4.78, 5) is 10.6. The molecule has 0 fully saturated rings. The first-order valence-corrected chi connectivity index (χ1v) is 2.85. The Morgan fingerprint density at radius 2 is 2.09 bits per heavy atom. The van der Waals surface area contributed by atoms with Crippen LogP contribution >= 0.6 is 0 Å². The predicted molar refractivity (Wildman–Crippen MR) is 38.0 cm³/mol. The van der Waals surface area contributed by atoms with Crippen molar-refractivity contribution in [3.8, 4) is 12.1 Å². The van der Waals surface area contributed by atoms with Gasteiger partial charge in [-0.25, -0.2) is 0 Å². The SMILES string of the molecule is C=CC(=O)NC(C)(C#N)C#N. The minimum Gasteiger partial charge on any atom is -0.323 e. The zero-order valence-electron chi connectivity index (χ0n) is 6.09. The number of rotatable bonds is 2. The molecule has 11 heavy (non-hydrogen) atoms. The highest BCUT2D eigenvalue weighted by molar-refractivity contribution is 5.88. The molecule has 0 aromatic carbocycles. The normalized spacial score (nSPS) is 9.00. The van der Waals surface area contributed by atoms with Crippen LogP contribution in [0.4, 0.5) is 0 Å². The lowest BCUT2D eigenvalue weighted by Gasteiger charge is -2.11. The highest BCUT2D eigenvalue weighted by atomic mass is 16.1. The molecule has 0 heterocycles. The summed E-state index contributed by atoms with van der Waals surface area (Å²) in [5.41, 5.74) is -1.45. The molecule has 0 aromatic heterocycles. The second kappa shape index (κ2) is 3.38. The fraction of sp³-hybridized carbons (Fsp3) is 0.286. The van der Waals surface area contributed by atoms with Gasteiger partial charge < -0.3 is 5.32 Å². The lowest BCUT2D eigenvalue weighted by Crippen LogP contribution is -2.42. The van der Waals surface area contributed by atoms with Crippen LogP contribution in [0.15, 0.2) is 12.7 Å². The minimum absolute atomic E-state index is 0.532. The Morgan fingerprint density at radius 1 is 1.64 bits per heavy atom. The molecule has 0 aliphatic carbocycles. The van der Waals surface area contributed by atoms with Crippen LogP contribution in [0.5, 0.6) is 0 Å². The molecule has 0 rings (SSSR count). The summed E-state index contributed by atoms with van der Waals surface area (Å²) in [6.45, 7) is 4.50. The van der Waals surface area contributed by atoms with E-state index in [1.165, 1.54) is 6.92 Å². The summed E-state index contributed by atoms with van der Waals surface area (Å²) in [6, 6.07) is 3.30. The lowest BCUT2D eigenvalue weighted by molar-refractivity contribution is -0.117. The van der Waals surface area contributed by atoms with Crippen LogP contribution in [0.3, 0.4) is 0 Å². The standard InChI is InChI=1S/C7H7N3O/c1-3-6(11)10-7(2,4-8)5-9/h3H,1H2,2H3,(H,10,11). The first kappa shape index (κ1) is 9.19. The van der Waals surface area contributed by atoms with Gasteiger partial charge in [-0.2, -0.15) is 10.5 Å². The Morgan fingerprint density at radius 3 is 2.36 bits per heavy atom. The molecular weight excluding hydrogens is 142 g/mol. The summed E-state index contributed by atoms with van der Waals surface area (Å²) in [7, 11) is 0. The third-order valence-electron chi connectivity index (χ3n) is 1.01. The molecule has 4 heteroatoms. The first-order chi connectivity index (χ1) is 5.08. The molecule has 0 bridgehead atoms. The molecule has 0 radical (unpaired) electrons. The molecule has 0 aliphatic rings. The van der Waals surface area contributed by atoms with Crippen LogP contribution in [0.25, 0.3) is 0 Å². The number of nitriles is 2. The van der Waals surface area contributed by atoms with E-state index in [1.54, 1.807) is 12.1 Å². The third kappa shape index (κ3) is 2.51. The van der Waals surface area contributed by atoms with Gasteiger partial charge >= 0.3 is 0 Å². The maximum absolute atomic E-state index is 10.6. The topological polar surface area (TPSA) is 76.7 Å². The number of carbonyl (C=O) groups is 1. The molecule has 1 N–H and O–H groups in total. The van der Waals surface area contributed by atoms with Crippen molar-refractivity contribution in [1.82, 2.24) is 5.32 Å².